The van der Waals surface area contributed by atoms with Crippen LogP contribution < -0.4 is 10.5 Å². The van der Waals surface area contributed by atoms with Gasteiger partial charge in [0.05, 0.1) is 6.10 Å². The minimum atomic E-state index is -0.469. The van der Waals surface area contributed by atoms with Gasteiger partial charge in [0.2, 0.25) is 0 Å². The Morgan fingerprint density at radius 2 is 2.11 bits per heavy atom. The summed E-state index contributed by atoms with van der Waals surface area (Å²) in [5, 5.41) is 9.88. The molecule has 3 atom stereocenters. The molecule has 4 heteroatoms. The molecule has 0 bridgehead atoms. The second kappa shape index (κ2) is 5.67. The number of ether oxygens (including phenoxy) is 1. The molecule has 3 nitrogen and oxygen atoms in total. The monoisotopic (exact) mass is 253 g/mol. The lowest BCUT2D eigenvalue weighted by atomic mass is 9.94. The smallest absolute Gasteiger partial charge is 0.127 e. The Hall–Kier alpha value is -1.13. The molecule has 3 unspecified atom stereocenters. The quantitative estimate of drug-likeness (QED) is 0.870. The molecule has 1 saturated carbocycles. The molecule has 1 aromatic rings. The number of hydrogen-bond acceptors (Lipinski definition) is 3. The number of nitrogens with two attached hydrogens (primary N) is 1. The van der Waals surface area contributed by atoms with Crippen molar-refractivity contribution >= 4 is 0 Å². The van der Waals surface area contributed by atoms with Gasteiger partial charge in [-0.05, 0) is 32.3 Å². The van der Waals surface area contributed by atoms with Crippen molar-refractivity contribution < 1.29 is 14.2 Å². The van der Waals surface area contributed by atoms with E-state index in [1.807, 2.05) is 6.92 Å². The zero-order valence-electron chi connectivity index (χ0n) is 10.6. The number of rotatable bonds is 3. The fourth-order valence-corrected chi connectivity index (χ4v) is 2.36. The summed E-state index contributed by atoms with van der Waals surface area (Å²) >= 11 is 0. The zero-order valence-corrected chi connectivity index (χ0v) is 10.6. The summed E-state index contributed by atoms with van der Waals surface area (Å²) in [6.07, 6.45) is 2.87. The van der Waals surface area contributed by atoms with Gasteiger partial charge >= 0.3 is 0 Å². The Balaban J connectivity index is 2.18. The van der Waals surface area contributed by atoms with Gasteiger partial charge in [-0.2, -0.15) is 0 Å². The van der Waals surface area contributed by atoms with Crippen molar-refractivity contribution in [2.45, 2.75) is 50.9 Å². The van der Waals surface area contributed by atoms with Crippen LogP contribution >= 0.6 is 0 Å². The molecule has 1 aliphatic rings. The van der Waals surface area contributed by atoms with Gasteiger partial charge < -0.3 is 15.6 Å². The van der Waals surface area contributed by atoms with E-state index in [1.54, 1.807) is 6.07 Å². The largest absolute Gasteiger partial charge is 0.487 e. The molecule has 0 aliphatic heterocycles. The van der Waals surface area contributed by atoms with Gasteiger partial charge in [-0.25, -0.2) is 4.39 Å². The van der Waals surface area contributed by atoms with Crippen molar-refractivity contribution in [1.82, 2.24) is 0 Å². The van der Waals surface area contributed by atoms with Gasteiger partial charge in [0.15, 0.2) is 0 Å². The first kappa shape index (κ1) is 13.3. The van der Waals surface area contributed by atoms with Crippen LogP contribution in [-0.4, -0.2) is 17.3 Å². The van der Waals surface area contributed by atoms with E-state index in [9.17, 15) is 9.50 Å². The maximum absolute atomic E-state index is 13.3. The highest BCUT2D eigenvalue weighted by Crippen LogP contribution is 2.29. The summed E-state index contributed by atoms with van der Waals surface area (Å²) in [6, 6.07) is 4.15. The third-order valence-corrected chi connectivity index (χ3v) is 3.41. The van der Waals surface area contributed by atoms with Gasteiger partial charge in [0.1, 0.15) is 17.7 Å². The summed E-state index contributed by atoms with van der Waals surface area (Å²) in [6.45, 7) is 1.83. The first-order valence-corrected chi connectivity index (χ1v) is 6.47. The lowest BCUT2D eigenvalue weighted by Gasteiger charge is -2.29. The minimum absolute atomic E-state index is 0.221. The minimum Gasteiger partial charge on any atom is -0.487 e. The Kier molecular flexibility index (Phi) is 4.19. The summed E-state index contributed by atoms with van der Waals surface area (Å²) < 4.78 is 19.0. The van der Waals surface area contributed by atoms with Crippen LogP contribution in [0, 0.1) is 5.82 Å². The van der Waals surface area contributed by atoms with Gasteiger partial charge in [0.25, 0.3) is 0 Å². The second-order valence-corrected chi connectivity index (χ2v) is 4.98. The first-order valence-electron chi connectivity index (χ1n) is 6.47. The van der Waals surface area contributed by atoms with E-state index < -0.39 is 6.10 Å². The topological polar surface area (TPSA) is 55.5 Å². The van der Waals surface area contributed by atoms with Gasteiger partial charge in [-0.15, -0.1) is 0 Å². The van der Waals surface area contributed by atoms with Crippen LogP contribution in [0.5, 0.6) is 5.75 Å². The molecule has 1 aliphatic carbocycles. The molecular weight excluding hydrogens is 233 g/mol. The average Bonchev–Trinajstić information content (AvgIpc) is 2.32. The average molecular weight is 253 g/mol. The van der Waals surface area contributed by atoms with Gasteiger partial charge in [-0.1, -0.05) is 12.5 Å². The Morgan fingerprint density at radius 3 is 2.78 bits per heavy atom. The maximum Gasteiger partial charge on any atom is 0.127 e. The van der Waals surface area contributed by atoms with Gasteiger partial charge in [0, 0.05) is 17.7 Å². The highest BCUT2D eigenvalue weighted by molar-refractivity contribution is 5.36. The fourth-order valence-electron chi connectivity index (χ4n) is 2.36. The Bertz CT molecular complexity index is 409. The number of benzene rings is 1. The lowest BCUT2D eigenvalue weighted by molar-refractivity contribution is 0.00612. The van der Waals surface area contributed by atoms with Crippen molar-refractivity contribution in [1.29, 1.82) is 0 Å². The highest BCUT2D eigenvalue weighted by Gasteiger charge is 2.25. The summed E-state index contributed by atoms with van der Waals surface area (Å²) in [5.41, 5.74) is 6.61. The molecule has 0 radical (unpaired) electrons. The summed E-state index contributed by atoms with van der Waals surface area (Å²) in [4.78, 5) is 0. The molecule has 0 spiro atoms. The van der Waals surface area contributed by atoms with Crippen molar-refractivity contribution in [3.8, 4) is 5.75 Å². The summed E-state index contributed by atoms with van der Waals surface area (Å²) in [5.74, 6) is 0.107. The molecule has 0 aromatic heterocycles. The van der Waals surface area contributed by atoms with Crippen LogP contribution in [0.2, 0.25) is 0 Å². The van der Waals surface area contributed by atoms with E-state index in [0.29, 0.717) is 5.75 Å². The summed E-state index contributed by atoms with van der Waals surface area (Å²) in [7, 11) is 0. The number of hydrogen-bond donors (Lipinski definition) is 2. The predicted octanol–water partition coefficient (Wildman–Crippen LogP) is 2.53. The molecule has 0 saturated heterocycles. The van der Waals surface area contributed by atoms with E-state index in [0.717, 1.165) is 31.2 Å². The molecule has 1 aromatic carbocycles. The van der Waals surface area contributed by atoms with Gasteiger partial charge in [-0.3, -0.25) is 0 Å². The normalized spacial score (nSPS) is 25.8. The number of aliphatic hydroxyl groups is 1. The lowest BCUT2D eigenvalue weighted by Crippen LogP contribution is -2.35. The van der Waals surface area contributed by atoms with E-state index in [2.05, 4.69) is 0 Å². The van der Waals surface area contributed by atoms with Crippen LogP contribution in [0.3, 0.4) is 0 Å². The molecule has 0 amide bonds. The van der Waals surface area contributed by atoms with Crippen molar-refractivity contribution in [3.05, 3.63) is 29.6 Å². The van der Waals surface area contributed by atoms with Crippen molar-refractivity contribution in [2.24, 2.45) is 5.73 Å². The fraction of sp³-hybridized carbons (Fsp3) is 0.571. The highest BCUT2D eigenvalue weighted by atomic mass is 19.1. The number of halogens is 1. The van der Waals surface area contributed by atoms with Crippen molar-refractivity contribution in [3.63, 3.8) is 0 Å². The predicted molar refractivity (Wildman–Crippen MR) is 67.9 cm³/mol. The van der Waals surface area contributed by atoms with E-state index in [4.69, 9.17) is 10.5 Å². The van der Waals surface area contributed by atoms with Crippen molar-refractivity contribution in [2.75, 3.05) is 0 Å². The molecule has 2 rings (SSSR count). The molecular formula is C14H20FNO2. The molecule has 0 heterocycles. The first-order chi connectivity index (χ1) is 8.58. The molecule has 18 heavy (non-hydrogen) atoms. The van der Waals surface area contributed by atoms with E-state index >= 15 is 0 Å². The van der Waals surface area contributed by atoms with Crippen LogP contribution in [0.15, 0.2) is 18.2 Å². The zero-order chi connectivity index (χ0) is 13.1. The van der Waals surface area contributed by atoms with Crippen LogP contribution in [-0.2, 0) is 0 Å². The van der Waals surface area contributed by atoms with E-state index in [-0.39, 0.29) is 18.0 Å². The number of aliphatic hydroxyl groups excluding tert-OH is 1. The van der Waals surface area contributed by atoms with E-state index in [1.165, 1.54) is 12.1 Å². The molecule has 3 N–H and O–H groups in total. The second-order valence-electron chi connectivity index (χ2n) is 4.98. The third kappa shape index (κ3) is 3.00. The maximum atomic E-state index is 13.3. The standard InChI is InChI=1S/C14H20FNO2/c1-9(16)11-7-6-10(15)8-14(11)18-13-5-3-2-4-12(13)17/h6-9,12-13,17H,2-5,16H2,1H3. The van der Waals surface area contributed by atoms with Crippen LogP contribution in [0.25, 0.3) is 0 Å². The van der Waals surface area contributed by atoms with Crippen LogP contribution in [0.1, 0.15) is 44.2 Å². The van der Waals surface area contributed by atoms with Crippen LogP contribution in [0.4, 0.5) is 4.39 Å². The SMILES string of the molecule is CC(N)c1ccc(F)cc1OC1CCCCC1O. The third-order valence-electron chi connectivity index (χ3n) is 3.41. The molecule has 100 valence electrons. The Morgan fingerprint density at radius 1 is 1.39 bits per heavy atom. The molecule has 1 fully saturated rings. The Labute approximate surface area is 107 Å².